The Balaban J connectivity index is 2.05. The van der Waals surface area contributed by atoms with Crippen LogP contribution in [0.25, 0.3) is 0 Å². The zero-order chi connectivity index (χ0) is 12.3. The van der Waals surface area contributed by atoms with E-state index in [2.05, 4.69) is 25.1 Å². The first-order valence-electron chi connectivity index (χ1n) is 5.71. The number of nitrogens with zero attached hydrogens (tertiary/aromatic N) is 3. The summed E-state index contributed by atoms with van der Waals surface area (Å²) >= 11 is 1.35. The summed E-state index contributed by atoms with van der Waals surface area (Å²) in [5.41, 5.74) is 0.924. The fourth-order valence-corrected chi connectivity index (χ4v) is 2.70. The van der Waals surface area contributed by atoms with E-state index in [1.165, 1.54) is 11.5 Å². The highest BCUT2D eigenvalue weighted by molar-refractivity contribution is 7.10. The van der Waals surface area contributed by atoms with Crippen LogP contribution in [-0.4, -0.2) is 47.1 Å². The molecule has 2 heterocycles. The quantitative estimate of drug-likeness (QED) is 0.809. The highest BCUT2D eigenvalue weighted by atomic mass is 32.1. The van der Waals surface area contributed by atoms with Crippen LogP contribution < -0.4 is 10.6 Å². The van der Waals surface area contributed by atoms with Crippen molar-refractivity contribution in [1.82, 2.24) is 19.8 Å². The van der Waals surface area contributed by atoms with Crippen molar-refractivity contribution in [3.63, 3.8) is 0 Å². The van der Waals surface area contributed by atoms with Crippen molar-refractivity contribution in [2.24, 2.45) is 0 Å². The van der Waals surface area contributed by atoms with E-state index >= 15 is 0 Å². The Kier molecular flexibility index (Phi) is 3.90. The fourth-order valence-electron chi connectivity index (χ4n) is 2.17. The van der Waals surface area contributed by atoms with Gasteiger partial charge in [0.1, 0.15) is 10.7 Å². The monoisotopic (exact) mass is 255 g/mol. The largest absolute Gasteiger partial charge is 0.377 e. The van der Waals surface area contributed by atoms with Gasteiger partial charge in [0.25, 0.3) is 0 Å². The lowest BCUT2D eigenvalue weighted by atomic mass is 10.2. The number of hydrogen-bond donors (Lipinski definition) is 2. The first kappa shape index (κ1) is 12.3. The smallest absolute Gasteiger partial charge is 0.237 e. The molecule has 1 saturated heterocycles. The van der Waals surface area contributed by atoms with Gasteiger partial charge in [-0.2, -0.15) is 0 Å². The highest BCUT2D eigenvalue weighted by Gasteiger charge is 2.30. The summed E-state index contributed by atoms with van der Waals surface area (Å²) in [7, 11) is 3.54. The summed E-state index contributed by atoms with van der Waals surface area (Å²) in [5, 5.41) is 10.9. The summed E-state index contributed by atoms with van der Waals surface area (Å²) in [4.78, 5) is 13.9. The van der Waals surface area contributed by atoms with E-state index in [0.717, 1.165) is 30.1 Å². The molecule has 2 N–H and O–H groups in total. The van der Waals surface area contributed by atoms with E-state index < -0.39 is 0 Å². The lowest BCUT2D eigenvalue weighted by Gasteiger charge is -2.22. The first-order valence-corrected chi connectivity index (χ1v) is 6.48. The second-order valence-electron chi connectivity index (χ2n) is 4.04. The van der Waals surface area contributed by atoms with Crippen LogP contribution in [0.4, 0.5) is 5.00 Å². The van der Waals surface area contributed by atoms with Crippen LogP contribution in [0.5, 0.6) is 0 Å². The number of amides is 1. The van der Waals surface area contributed by atoms with E-state index in [4.69, 9.17) is 0 Å². The van der Waals surface area contributed by atoms with Gasteiger partial charge in [0.05, 0.1) is 6.04 Å². The van der Waals surface area contributed by atoms with Gasteiger partial charge >= 0.3 is 0 Å². The second kappa shape index (κ2) is 5.42. The molecule has 0 spiro atoms. The number of aromatic nitrogens is 2. The van der Waals surface area contributed by atoms with Gasteiger partial charge in [0.2, 0.25) is 5.91 Å². The minimum atomic E-state index is -0.0218. The van der Waals surface area contributed by atoms with Gasteiger partial charge < -0.3 is 10.6 Å². The molecule has 0 saturated carbocycles. The van der Waals surface area contributed by atoms with Crippen molar-refractivity contribution < 1.29 is 4.79 Å². The summed E-state index contributed by atoms with van der Waals surface area (Å²) < 4.78 is 3.93. The van der Waals surface area contributed by atoms with Crippen molar-refractivity contribution in [3.8, 4) is 0 Å². The SMILES string of the molecule is CNC(=O)C1CCCN1Cc1nnsc1NC. The molecule has 0 bridgehead atoms. The average Bonchev–Trinajstić information content (AvgIpc) is 2.97. The Labute approximate surface area is 105 Å². The molecule has 7 heteroatoms. The first-order chi connectivity index (χ1) is 8.26. The van der Waals surface area contributed by atoms with Gasteiger partial charge in [-0.05, 0) is 19.4 Å². The molecule has 94 valence electrons. The Hall–Kier alpha value is -1.21. The zero-order valence-electron chi connectivity index (χ0n) is 10.1. The fraction of sp³-hybridized carbons (Fsp3) is 0.700. The van der Waals surface area contributed by atoms with Crippen LogP contribution in [0.2, 0.25) is 0 Å². The van der Waals surface area contributed by atoms with Gasteiger partial charge in [0.15, 0.2) is 0 Å². The number of carbonyl (C=O) groups is 1. The molecule has 0 radical (unpaired) electrons. The molecule has 1 atom stereocenters. The van der Waals surface area contributed by atoms with Crippen molar-refractivity contribution in [2.45, 2.75) is 25.4 Å². The van der Waals surface area contributed by atoms with Crippen LogP contribution in [0, 0.1) is 0 Å². The van der Waals surface area contributed by atoms with Crippen molar-refractivity contribution in [3.05, 3.63) is 5.69 Å². The normalized spacial score (nSPS) is 20.5. The molecular weight excluding hydrogens is 238 g/mol. The van der Waals surface area contributed by atoms with Gasteiger partial charge in [-0.25, -0.2) is 0 Å². The molecular formula is C10H17N5OS. The van der Waals surface area contributed by atoms with Crippen LogP contribution in [0.15, 0.2) is 0 Å². The van der Waals surface area contributed by atoms with E-state index in [1.54, 1.807) is 7.05 Å². The topological polar surface area (TPSA) is 70.2 Å². The lowest BCUT2D eigenvalue weighted by Crippen LogP contribution is -2.41. The number of likely N-dealkylation sites (tertiary alicyclic amines) is 1. The van der Waals surface area contributed by atoms with Crippen LogP contribution >= 0.6 is 11.5 Å². The maximum Gasteiger partial charge on any atom is 0.237 e. The summed E-state index contributed by atoms with van der Waals surface area (Å²) in [6, 6.07) is -0.0218. The van der Waals surface area contributed by atoms with Crippen molar-refractivity contribution in [1.29, 1.82) is 0 Å². The number of carbonyl (C=O) groups excluding carboxylic acids is 1. The maximum atomic E-state index is 11.7. The average molecular weight is 255 g/mol. The van der Waals surface area contributed by atoms with Gasteiger partial charge in [-0.15, -0.1) is 5.10 Å². The van der Waals surface area contributed by atoms with Crippen LogP contribution in [-0.2, 0) is 11.3 Å². The number of hydrogen-bond acceptors (Lipinski definition) is 6. The summed E-state index contributed by atoms with van der Waals surface area (Å²) in [6.07, 6.45) is 1.98. The van der Waals surface area contributed by atoms with Crippen molar-refractivity contribution in [2.75, 3.05) is 26.0 Å². The minimum absolute atomic E-state index is 0.0218. The van der Waals surface area contributed by atoms with Crippen LogP contribution in [0.3, 0.4) is 0 Å². The standard InChI is InChI=1S/C10H17N5OS/c1-11-9(16)8-4-3-5-15(8)6-7-10(12-2)17-14-13-7/h8,12H,3-6H2,1-2H3,(H,11,16). The minimum Gasteiger partial charge on any atom is -0.377 e. The Morgan fingerprint density at radius 2 is 2.41 bits per heavy atom. The number of rotatable bonds is 4. The third-order valence-electron chi connectivity index (χ3n) is 3.05. The third-order valence-corrected chi connectivity index (χ3v) is 3.83. The van der Waals surface area contributed by atoms with E-state index in [-0.39, 0.29) is 11.9 Å². The Morgan fingerprint density at radius 1 is 1.59 bits per heavy atom. The molecule has 1 aliphatic rings. The third kappa shape index (κ3) is 2.55. The molecule has 1 fully saturated rings. The molecule has 1 unspecified atom stereocenters. The van der Waals surface area contributed by atoms with Gasteiger partial charge in [-0.3, -0.25) is 9.69 Å². The van der Waals surface area contributed by atoms with Crippen molar-refractivity contribution >= 4 is 22.4 Å². The summed E-state index contributed by atoms with van der Waals surface area (Å²) in [5.74, 6) is 0.0942. The maximum absolute atomic E-state index is 11.7. The molecule has 2 rings (SSSR count). The van der Waals surface area contributed by atoms with E-state index in [9.17, 15) is 4.79 Å². The molecule has 6 nitrogen and oxygen atoms in total. The van der Waals surface area contributed by atoms with Gasteiger partial charge in [-0.1, -0.05) is 4.49 Å². The molecule has 0 aromatic carbocycles. The van der Waals surface area contributed by atoms with Gasteiger partial charge in [0, 0.05) is 32.2 Å². The highest BCUT2D eigenvalue weighted by Crippen LogP contribution is 2.24. The number of likely N-dealkylation sites (N-methyl/N-ethyl adjacent to an activating group) is 1. The molecule has 1 aromatic heterocycles. The Bertz CT molecular complexity index is 394. The van der Waals surface area contributed by atoms with E-state index in [0.29, 0.717) is 6.54 Å². The molecule has 1 aliphatic heterocycles. The Morgan fingerprint density at radius 3 is 3.12 bits per heavy atom. The molecule has 17 heavy (non-hydrogen) atoms. The summed E-state index contributed by atoms with van der Waals surface area (Å²) in [6.45, 7) is 1.63. The molecule has 1 amide bonds. The number of anilines is 1. The zero-order valence-corrected chi connectivity index (χ0v) is 10.9. The molecule has 1 aromatic rings. The predicted octanol–water partition coefficient (Wildman–Crippen LogP) is 0.290. The predicted molar refractivity (Wildman–Crippen MR) is 67.0 cm³/mol. The lowest BCUT2D eigenvalue weighted by molar-refractivity contribution is -0.125. The molecule has 0 aliphatic carbocycles. The van der Waals surface area contributed by atoms with Crippen LogP contribution in [0.1, 0.15) is 18.5 Å². The number of nitrogens with one attached hydrogen (secondary N) is 2. The second-order valence-corrected chi connectivity index (χ2v) is 4.80. The van der Waals surface area contributed by atoms with E-state index in [1.807, 2.05) is 7.05 Å².